The summed E-state index contributed by atoms with van der Waals surface area (Å²) in [4.78, 5) is 14.8. The monoisotopic (exact) mass is 334 g/mol. The van der Waals surface area contributed by atoms with Gasteiger partial charge in [-0.25, -0.2) is 0 Å². The van der Waals surface area contributed by atoms with Gasteiger partial charge in [0.05, 0.1) is 4.47 Å². The van der Waals surface area contributed by atoms with Gasteiger partial charge in [0.15, 0.2) is 0 Å². The smallest absolute Gasteiger partial charge is 0.251 e. The third kappa shape index (κ3) is 1.96. The third-order valence-electron chi connectivity index (χ3n) is 4.44. The van der Waals surface area contributed by atoms with Crippen LogP contribution < -0.4 is 5.32 Å². The third-order valence-corrected chi connectivity index (χ3v) is 5.05. The molecule has 2 aliphatic rings. The van der Waals surface area contributed by atoms with Gasteiger partial charge >= 0.3 is 0 Å². The zero-order valence-corrected chi connectivity index (χ0v) is 12.5. The molecule has 104 valence electrons. The van der Waals surface area contributed by atoms with Crippen LogP contribution in [0.15, 0.2) is 33.4 Å². The van der Waals surface area contributed by atoms with E-state index in [1.54, 1.807) is 6.26 Å². The molecule has 4 rings (SSSR count). The van der Waals surface area contributed by atoms with E-state index in [0.29, 0.717) is 17.5 Å². The Kier molecular flexibility index (Phi) is 2.86. The van der Waals surface area contributed by atoms with Gasteiger partial charge in [0.2, 0.25) is 0 Å². The maximum Gasteiger partial charge on any atom is 0.251 e. The minimum atomic E-state index is -0.00169. The summed E-state index contributed by atoms with van der Waals surface area (Å²) in [6.07, 6.45) is 2.85. The molecule has 20 heavy (non-hydrogen) atoms. The van der Waals surface area contributed by atoms with Crippen molar-refractivity contribution in [3.8, 4) is 0 Å². The molecular weight excluding hydrogens is 320 g/mol. The average molecular weight is 335 g/mol. The van der Waals surface area contributed by atoms with E-state index in [2.05, 4.69) is 26.1 Å². The van der Waals surface area contributed by atoms with Crippen LogP contribution in [0.2, 0.25) is 0 Å². The molecule has 1 aromatic heterocycles. The number of hydrogen-bond donors (Lipinski definition) is 1. The quantitative estimate of drug-likeness (QED) is 0.918. The second-order valence-corrected chi connectivity index (χ2v) is 6.54. The second-order valence-electron chi connectivity index (χ2n) is 5.68. The number of benzene rings is 1. The Morgan fingerprint density at radius 3 is 3.05 bits per heavy atom. The molecule has 5 heteroatoms. The fraction of sp³-hybridized carbons (Fsp3) is 0.400. The minimum absolute atomic E-state index is 0.00169. The molecule has 2 saturated heterocycles. The summed E-state index contributed by atoms with van der Waals surface area (Å²) in [5, 5.41) is 4.16. The zero-order valence-electron chi connectivity index (χ0n) is 10.9. The van der Waals surface area contributed by atoms with Crippen LogP contribution in [0.3, 0.4) is 0 Å². The van der Waals surface area contributed by atoms with Crippen molar-refractivity contribution < 1.29 is 9.21 Å². The lowest BCUT2D eigenvalue weighted by Crippen LogP contribution is -2.43. The number of amides is 1. The van der Waals surface area contributed by atoms with Crippen molar-refractivity contribution in [1.29, 1.82) is 0 Å². The fourth-order valence-corrected chi connectivity index (χ4v) is 3.76. The lowest BCUT2D eigenvalue weighted by Gasteiger charge is -2.23. The number of piperidine rings is 1. The summed E-state index contributed by atoms with van der Waals surface area (Å²) in [5.74, 6) is 0.624. The van der Waals surface area contributed by atoms with Gasteiger partial charge in [-0.05, 0) is 53.0 Å². The number of nitrogens with one attached hydrogen (secondary N) is 1. The van der Waals surface area contributed by atoms with Crippen LogP contribution in [0.1, 0.15) is 16.8 Å². The number of halogens is 1. The van der Waals surface area contributed by atoms with Gasteiger partial charge in [0.25, 0.3) is 5.91 Å². The van der Waals surface area contributed by atoms with E-state index in [1.807, 2.05) is 18.2 Å². The van der Waals surface area contributed by atoms with Gasteiger partial charge in [-0.2, -0.15) is 0 Å². The highest BCUT2D eigenvalue weighted by Gasteiger charge is 2.38. The molecule has 1 amide bonds. The van der Waals surface area contributed by atoms with E-state index in [1.165, 1.54) is 13.0 Å². The molecular formula is C15H15BrN2O2. The summed E-state index contributed by atoms with van der Waals surface area (Å²) < 4.78 is 6.34. The molecule has 0 aliphatic carbocycles. The van der Waals surface area contributed by atoms with Crippen molar-refractivity contribution in [2.75, 3.05) is 19.6 Å². The Morgan fingerprint density at radius 1 is 1.40 bits per heavy atom. The number of carbonyl (C=O) groups excluding carboxylic acids is 1. The van der Waals surface area contributed by atoms with Gasteiger partial charge in [0.1, 0.15) is 11.8 Å². The molecule has 2 bridgehead atoms. The van der Waals surface area contributed by atoms with Crippen molar-refractivity contribution in [2.24, 2.45) is 5.92 Å². The average Bonchev–Trinajstić information content (AvgIpc) is 3.14. The van der Waals surface area contributed by atoms with Crippen LogP contribution in [-0.2, 0) is 0 Å². The van der Waals surface area contributed by atoms with Gasteiger partial charge < -0.3 is 14.6 Å². The van der Waals surface area contributed by atoms with Gasteiger partial charge in [-0.3, -0.25) is 4.79 Å². The molecule has 2 unspecified atom stereocenters. The summed E-state index contributed by atoms with van der Waals surface area (Å²) in [6, 6.07) is 5.88. The van der Waals surface area contributed by atoms with Crippen molar-refractivity contribution in [1.82, 2.24) is 10.2 Å². The molecule has 4 nitrogen and oxygen atoms in total. The van der Waals surface area contributed by atoms with Crippen LogP contribution in [0.4, 0.5) is 0 Å². The Bertz CT molecular complexity index is 682. The van der Waals surface area contributed by atoms with E-state index < -0.39 is 0 Å². The minimum Gasteiger partial charge on any atom is -0.463 e. The Balaban J connectivity index is 1.54. The van der Waals surface area contributed by atoms with Gasteiger partial charge in [0, 0.05) is 30.1 Å². The summed E-state index contributed by atoms with van der Waals surface area (Å²) >= 11 is 3.42. The number of furan rings is 1. The summed E-state index contributed by atoms with van der Waals surface area (Å²) in [5.41, 5.74) is 1.40. The van der Waals surface area contributed by atoms with Crippen LogP contribution >= 0.6 is 15.9 Å². The highest BCUT2D eigenvalue weighted by atomic mass is 79.9. The second kappa shape index (κ2) is 4.60. The molecule has 3 atom stereocenters. The maximum atomic E-state index is 12.3. The lowest BCUT2D eigenvalue weighted by atomic mass is 9.99. The molecule has 0 saturated carbocycles. The van der Waals surface area contributed by atoms with E-state index >= 15 is 0 Å². The normalized spacial score (nSPS) is 28.1. The predicted octanol–water partition coefficient (Wildman–Crippen LogP) is 2.63. The van der Waals surface area contributed by atoms with Crippen LogP contribution in [-0.4, -0.2) is 36.5 Å². The highest BCUT2D eigenvalue weighted by Crippen LogP contribution is 2.29. The standard InChI is InChI=1S/C15H15BrN2O2/c16-12-8-20-14-5-9(1-2-11(12)14)15(19)17-13-7-18-4-3-10(13)6-18/h1-2,5,8,10,13H,3-4,6-7H2,(H,17,19)/t10-,13?/m1/s1. The Hall–Kier alpha value is -1.33. The Labute approximate surface area is 125 Å². The first-order chi connectivity index (χ1) is 9.70. The molecule has 3 heterocycles. The van der Waals surface area contributed by atoms with Crippen molar-refractivity contribution in [3.63, 3.8) is 0 Å². The maximum absolute atomic E-state index is 12.3. The van der Waals surface area contributed by atoms with Crippen LogP contribution in [0.25, 0.3) is 11.0 Å². The SMILES string of the molecule is O=C(NC1CN2CC[C@@H]1C2)c1ccc2c(Br)coc2c1. The summed E-state index contributed by atoms with van der Waals surface area (Å²) in [6.45, 7) is 3.31. The first-order valence-corrected chi connectivity index (χ1v) is 7.70. The number of carbonyl (C=O) groups is 1. The number of rotatable bonds is 2. The van der Waals surface area contributed by atoms with Crippen molar-refractivity contribution in [3.05, 3.63) is 34.5 Å². The predicted molar refractivity (Wildman–Crippen MR) is 79.7 cm³/mol. The molecule has 0 radical (unpaired) electrons. The van der Waals surface area contributed by atoms with E-state index in [-0.39, 0.29) is 5.91 Å². The number of fused-ring (bicyclic) bond motifs is 3. The molecule has 2 aromatic rings. The van der Waals surface area contributed by atoms with Gasteiger partial charge in [-0.1, -0.05) is 0 Å². The molecule has 0 spiro atoms. The van der Waals surface area contributed by atoms with E-state index in [9.17, 15) is 4.79 Å². The molecule has 2 aliphatic heterocycles. The fourth-order valence-electron chi connectivity index (χ4n) is 3.34. The van der Waals surface area contributed by atoms with Gasteiger partial charge in [-0.15, -0.1) is 0 Å². The first-order valence-electron chi connectivity index (χ1n) is 6.91. The summed E-state index contributed by atoms with van der Waals surface area (Å²) in [7, 11) is 0. The van der Waals surface area contributed by atoms with E-state index in [4.69, 9.17) is 4.42 Å². The van der Waals surface area contributed by atoms with E-state index in [0.717, 1.165) is 28.5 Å². The molecule has 1 N–H and O–H groups in total. The zero-order chi connectivity index (χ0) is 13.7. The largest absolute Gasteiger partial charge is 0.463 e. The number of nitrogens with zero attached hydrogens (tertiary/aromatic N) is 1. The van der Waals surface area contributed by atoms with Crippen LogP contribution in [0.5, 0.6) is 0 Å². The Morgan fingerprint density at radius 2 is 2.30 bits per heavy atom. The lowest BCUT2D eigenvalue weighted by molar-refractivity contribution is 0.0924. The highest BCUT2D eigenvalue weighted by molar-refractivity contribution is 9.10. The van der Waals surface area contributed by atoms with Crippen LogP contribution in [0, 0.1) is 5.92 Å². The molecule has 1 aromatic carbocycles. The van der Waals surface area contributed by atoms with Crippen molar-refractivity contribution >= 4 is 32.8 Å². The molecule has 2 fully saturated rings. The first kappa shape index (κ1) is 12.4. The van der Waals surface area contributed by atoms with Crippen molar-refractivity contribution in [2.45, 2.75) is 12.5 Å². The number of hydrogen-bond acceptors (Lipinski definition) is 3. The topological polar surface area (TPSA) is 45.5 Å².